The van der Waals surface area contributed by atoms with Gasteiger partial charge in [0.2, 0.25) is 5.91 Å². The molecule has 0 aliphatic carbocycles. The highest BCUT2D eigenvalue weighted by atomic mass is 35.5. The zero-order valence-corrected chi connectivity index (χ0v) is 17.0. The second-order valence-corrected chi connectivity index (χ2v) is 7.51. The van der Waals surface area contributed by atoms with Crippen molar-refractivity contribution in [3.05, 3.63) is 81.2 Å². The minimum atomic E-state index is -0.481. The molecule has 148 valence electrons. The molecular formula is C22H21ClN4O2. The molecule has 4 rings (SSSR count). The molecule has 0 bridgehead atoms. The van der Waals surface area contributed by atoms with Crippen molar-refractivity contribution in [3.63, 3.8) is 0 Å². The van der Waals surface area contributed by atoms with Crippen LogP contribution in [0.2, 0.25) is 5.02 Å². The number of aryl methyl sites for hydroxylation is 1. The van der Waals surface area contributed by atoms with Crippen LogP contribution < -0.4 is 10.9 Å². The summed E-state index contributed by atoms with van der Waals surface area (Å²) in [7, 11) is 0. The van der Waals surface area contributed by atoms with Gasteiger partial charge in [-0.1, -0.05) is 35.9 Å². The van der Waals surface area contributed by atoms with E-state index in [1.165, 1.54) is 6.07 Å². The van der Waals surface area contributed by atoms with E-state index < -0.39 is 6.04 Å². The Morgan fingerprint density at radius 3 is 2.66 bits per heavy atom. The lowest BCUT2D eigenvalue weighted by Crippen LogP contribution is -2.34. The van der Waals surface area contributed by atoms with Crippen LogP contribution in [0.3, 0.4) is 0 Å². The fraction of sp³-hybridized carbons (Fsp3) is 0.227. The van der Waals surface area contributed by atoms with Gasteiger partial charge < -0.3 is 5.32 Å². The van der Waals surface area contributed by atoms with Gasteiger partial charge in [0.05, 0.1) is 5.52 Å². The van der Waals surface area contributed by atoms with Crippen LogP contribution in [-0.4, -0.2) is 26.6 Å². The quantitative estimate of drug-likeness (QED) is 0.549. The first-order valence-electron chi connectivity index (χ1n) is 9.47. The molecule has 1 amide bonds. The molecule has 4 aromatic rings. The van der Waals surface area contributed by atoms with Gasteiger partial charge >= 0.3 is 0 Å². The van der Waals surface area contributed by atoms with Gasteiger partial charge in [0.15, 0.2) is 5.65 Å². The Morgan fingerprint density at radius 2 is 1.90 bits per heavy atom. The molecule has 1 atom stereocenters. The van der Waals surface area contributed by atoms with Crippen molar-refractivity contribution in [2.24, 2.45) is 0 Å². The zero-order chi connectivity index (χ0) is 20.5. The van der Waals surface area contributed by atoms with Crippen LogP contribution in [0.25, 0.3) is 16.6 Å². The second kappa shape index (κ2) is 7.72. The summed E-state index contributed by atoms with van der Waals surface area (Å²) >= 11 is 5.91. The van der Waals surface area contributed by atoms with Crippen LogP contribution in [-0.2, 0) is 11.2 Å². The van der Waals surface area contributed by atoms with E-state index >= 15 is 0 Å². The maximum atomic E-state index is 12.9. The Balaban J connectivity index is 1.63. The molecule has 1 N–H and O–H groups in total. The molecule has 2 aromatic heterocycles. The fourth-order valence-corrected chi connectivity index (χ4v) is 3.76. The summed E-state index contributed by atoms with van der Waals surface area (Å²) in [5.41, 5.74) is 2.97. The molecule has 0 saturated heterocycles. The second-order valence-electron chi connectivity index (χ2n) is 7.08. The number of nitrogens with zero attached hydrogens (tertiary/aromatic N) is 3. The fourth-order valence-electron chi connectivity index (χ4n) is 3.63. The van der Waals surface area contributed by atoms with Crippen LogP contribution in [0.15, 0.2) is 59.4 Å². The van der Waals surface area contributed by atoms with E-state index in [-0.39, 0.29) is 11.5 Å². The zero-order valence-electron chi connectivity index (χ0n) is 16.2. The Bertz CT molecular complexity index is 1260. The normalized spacial score (nSPS) is 12.4. The highest BCUT2D eigenvalue weighted by Crippen LogP contribution is 2.25. The number of nitrogens with one attached hydrogen (secondary N) is 1. The Morgan fingerprint density at radius 1 is 1.17 bits per heavy atom. The van der Waals surface area contributed by atoms with Gasteiger partial charge in [-0.2, -0.15) is 4.98 Å². The van der Waals surface area contributed by atoms with Gasteiger partial charge in [-0.25, -0.2) is 4.52 Å². The van der Waals surface area contributed by atoms with Crippen molar-refractivity contribution in [2.75, 3.05) is 6.54 Å². The number of hydrogen-bond donors (Lipinski definition) is 1. The van der Waals surface area contributed by atoms with E-state index in [0.29, 0.717) is 17.2 Å². The summed E-state index contributed by atoms with van der Waals surface area (Å²) in [6.07, 6.45) is 0.718. The highest BCUT2D eigenvalue weighted by Gasteiger charge is 2.22. The summed E-state index contributed by atoms with van der Waals surface area (Å²) in [5.74, 6) is -0.0975. The van der Waals surface area contributed by atoms with E-state index in [2.05, 4.69) is 10.3 Å². The third-order valence-electron chi connectivity index (χ3n) is 5.06. The minimum absolute atomic E-state index is 0.0975. The maximum Gasteiger partial charge on any atom is 0.273 e. The lowest BCUT2D eigenvalue weighted by atomic mass is 10.1. The predicted octanol–water partition coefficient (Wildman–Crippen LogP) is 3.53. The van der Waals surface area contributed by atoms with Crippen LogP contribution >= 0.6 is 11.6 Å². The SMILES string of the molecule is Cc1cc(=O)nc2c3ccccc3n(C(C)C(=O)NCCc3ccc(Cl)cc3)n12. The molecule has 2 aromatic carbocycles. The van der Waals surface area contributed by atoms with E-state index in [9.17, 15) is 9.59 Å². The largest absolute Gasteiger partial charge is 0.354 e. The first-order valence-corrected chi connectivity index (χ1v) is 9.85. The van der Waals surface area contributed by atoms with E-state index in [4.69, 9.17) is 11.6 Å². The molecule has 0 fully saturated rings. The molecule has 1 unspecified atom stereocenters. The minimum Gasteiger partial charge on any atom is -0.354 e. The van der Waals surface area contributed by atoms with Gasteiger partial charge in [0, 0.05) is 28.7 Å². The molecule has 0 aliphatic rings. The molecular weight excluding hydrogens is 388 g/mol. The van der Waals surface area contributed by atoms with E-state index in [1.807, 2.05) is 71.6 Å². The topological polar surface area (TPSA) is 68.4 Å². The molecule has 0 aliphatic heterocycles. The number of benzene rings is 2. The van der Waals surface area contributed by atoms with Crippen molar-refractivity contribution in [2.45, 2.75) is 26.3 Å². The number of aromatic nitrogens is 3. The first kappa shape index (κ1) is 19.2. The predicted molar refractivity (Wildman–Crippen MR) is 115 cm³/mol. The van der Waals surface area contributed by atoms with Crippen molar-refractivity contribution in [1.82, 2.24) is 19.5 Å². The van der Waals surface area contributed by atoms with Crippen molar-refractivity contribution >= 4 is 34.1 Å². The number of fused-ring (bicyclic) bond motifs is 3. The summed E-state index contributed by atoms with van der Waals surface area (Å²) in [6.45, 7) is 4.21. The molecule has 6 nitrogen and oxygen atoms in total. The number of carbonyl (C=O) groups excluding carboxylic acids is 1. The number of carbonyl (C=O) groups is 1. The van der Waals surface area contributed by atoms with Gasteiger partial charge in [0.25, 0.3) is 5.56 Å². The van der Waals surface area contributed by atoms with Crippen molar-refractivity contribution < 1.29 is 4.79 Å². The number of rotatable bonds is 5. The number of amides is 1. The van der Waals surface area contributed by atoms with E-state index in [1.54, 1.807) is 0 Å². The molecule has 0 saturated carbocycles. The third kappa shape index (κ3) is 3.63. The third-order valence-corrected chi connectivity index (χ3v) is 5.31. The molecule has 29 heavy (non-hydrogen) atoms. The monoisotopic (exact) mass is 408 g/mol. The number of para-hydroxylation sites is 1. The van der Waals surface area contributed by atoms with Crippen LogP contribution in [0.1, 0.15) is 24.2 Å². The maximum absolute atomic E-state index is 12.9. The van der Waals surface area contributed by atoms with Gasteiger partial charge in [0.1, 0.15) is 6.04 Å². The summed E-state index contributed by atoms with van der Waals surface area (Å²) < 4.78 is 3.74. The summed E-state index contributed by atoms with van der Waals surface area (Å²) in [6, 6.07) is 16.3. The average molecular weight is 409 g/mol. The van der Waals surface area contributed by atoms with Crippen LogP contribution in [0.4, 0.5) is 0 Å². The lowest BCUT2D eigenvalue weighted by molar-refractivity contribution is -0.124. The Kier molecular flexibility index (Phi) is 5.11. The smallest absolute Gasteiger partial charge is 0.273 e. The van der Waals surface area contributed by atoms with Crippen molar-refractivity contribution in [3.8, 4) is 0 Å². The standard InChI is InChI=1S/C22H21ClN4O2/c1-14-13-20(28)25-21-18-5-3-4-6-19(18)27(26(14)21)15(2)22(29)24-12-11-16-7-9-17(23)10-8-16/h3-10,13,15H,11-12H2,1-2H3,(H,24,29). The van der Waals surface area contributed by atoms with E-state index in [0.717, 1.165) is 28.6 Å². The molecule has 0 radical (unpaired) electrons. The van der Waals surface area contributed by atoms with Gasteiger partial charge in [-0.15, -0.1) is 0 Å². The molecule has 0 spiro atoms. The molecule has 2 heterocycles. The van der Waals surface area contributed by atoms with Crippen molar-refractivity contribution in [1.29, 1.82) is 0 Å². The summed E-state index contributed by atoms with van der Waals surface area (Å²) in [4.78, 5) is 29.0. The summed E-state index contributed by atoms with van der Waals surface area (Å²) in [5, 5.41) is 4.54. The first-order chi connectivity index (χ1) is 14.0. The van der Waals surface area contributed by atoms with Gasteiger partial charge in [-0.3, -0.25) is 14.3 Å². The Labute approximate surface area is 172 Å². The average Bonchev–Trinajstić information content (AvgIpc) is 3.03. The lowest BCUT2D eigenvalue weighted by Gasteiger charge is -2.18. The number of halogens is 1. The Hall–Kier alpha value is -3.12. The van der Waals surface area contributed by atoms with Crippen LogP contribution in [0, 0.1) is 6.92 Å². The molecule has 7 heteroatoms. The van der Waals surface area contributed by atoms with Gasteiger partial charge in [-0.05, 0) is 50.1 Å². The number of hydrogen-bond acceptors (Lipinski definition) is 3. The van der Waals surface area contributed by atoms with Crippen LogP contribution in [0.5, 0.6) is 0 Å². The highest BCUT2D eigenvalue weighted by molar-refractivity contribution is 6.30.